The highest BCUT2D eigenvalue weighted by Gasteiger charge is 2.37. The molecule has 3 aromatic rings. The highest BCUT2D eigenvalue weighted by atomic mass is 35.5. The number of nitrogens with zero attached hydrogens (tertiary/aromatic N) is 1. The molecular formula is C24H19Cl2NO3. The quantitative estimate of drug-likeness (QED) is 0.503. The van der Waals surface area contributed by atoms with Crippen LogP contribution in [0.5, 0.6) is 11.5 Å². The van der Waals surface area contributed by atoms with Crippen molar-refractivity contribution in [1.82, 2.24) is 4.90 Å². The maximum absolute atomic E-state index is 13.8. The van der Waals surface area contributed by atoms with Gasteiger partial charge in [0.1, 0.15) is 17.6 Å². The van der Waals surface area contributed by atoms with Crippen LogP contribution >= 0.6 is 23.2 Å². The summed E-state index contributed by atoms with van der Waals surface area (Å²) in [5.74, 6) is 1.08. The van der Waals surface area contributed by atoms with Gasteiger partial charge in [-0.1, -0.05) is 59.6 Å². The van der Waals surface area contributed by atoms with E-state index in [4.69, 9.17) is 32.7 Å². The fraction of sp³-hybridized carbons (Fsp3) is 0.208. The molecule has 0 bridgehead atoms. The first-order valence-corrected chi connectivity index (χ1v) is 10.6. The van der Waals surface area contributed by atoms with Crippen LogP contribution in [0.1, 0.15) is 28.7 Å². The third kappa shape index (κ3) is 3.56. The lowest BCUT2D eigenvalue weighted by Gasteiger charge is -2.37. The van der Waals surface area contributed by atoms with Gasteiger partial charge in [-0.25, -0.2) is 0 Å². The Morgan fingerprint density at radius 1 is 0.900 bits per heavy atom. The van der Waals surface area contributed by atoms with Gasteiger partial charge in [-0.15, -0.1) is 0 Å². The lowest BCUT2D eigenvalue weighted by molar-refractivity contribution is -0.139. The van der Waals surface area contributed by atoms with Gasteiger partial charge in [0, 0.05) is 27.7 Å². The van der Waals surface area contributed by atoms with Crippen LogP contribution in [-0.2, 0) is 9.53 Å². The van der Waals surface area contributed by atoms with Crippen molar-refractivity contribution >= 4 is 29.1 Å². The first kappa shape index (κ1) is 19.4. The smallest absolute Gasteiger partial charge is 0.235 e. The number of ether oxygens (including phenoxy) is 2. The largest absolute Gasteiger partial charge is 0.457 e. The minimum absolute atomic E-state index is 0.0413. The van der Waals surface area contributed by atoms with Crippen molar-refractivity contribution < 1.29 is 14.3 Å². The standard InChI is InChI=1S/C24H19Cl2NO3/c25-16-11-15(12-17(26)13-16)22-14-27(9-10-29-22)24(28)23-18-5-1-3-7-20(18)30-21-8-4-2-6-19(21)23/h1-8,11-13,22-23H,9-10,14H2. The minimum atomic E-state index is -0.409. The van der Waals surface area contributed by atoms with E-state index in [1.165, 1.54) is 0 Å². The minimum Gasteiger partial charge on any atom is -0.457 e. The van der Waals surface area contributed by atoms with Crippen LogP contribution in [-0.4, -0.2) is 30.5 Å². The number of rotatable bonds is 2. The average Bonchev–Trinajstić information content (AvgIpc) is 2.76. The van der Waals surface area contributed by atoms with Crippen LogP contribution in [0.2, 0.25) is 10.0 Å². The van der Waals surface area contributed by atoms with Gasteiger partial charge in [-0.05, 0) is 35.9 Å². The summed E-state index contributed by atoms with van der Waals surface area (Å²) in [6.07, 6.45) is -0.274. The summed E-state index contributed by atoms with van der Waals surface area (Å²) in [6, 6.07) is 20.8. The number of para-hydroxylation sites is 2. The van der Waals surface area contributed by atoms with Crippen molar-refractivity contribution in [1.29, 1.82) is 0 Å². The Balaban J connectivity index is 1.47. The second kappa shape index (κ2) is 7.95. The number of fused-ring (bicyclic) bond motifs is 2. The molecule has 2 heterocycles. The zero-order chi connectivity index (χ0) is 20.7. The predicted molar refractivity (Wildman–Crippen MR) is 117 cm³/mol. The summed E-state index contributed by atoms with van der Waals surface area (Å²) in [7, 11) is 0. The second-order valence-electron chi connectivity index (χ2n) is 7.46. The highest BCUT2D eigenvalue weighted by Crippen LogP contribution is 2.45. The zero-order valence-electron chi connectivity index (χ0n) is 16.1. The van der Waals surface area contributed by atoms with E-state index in [-0.39, 0.29) is 12.0 Å². The van der Waals surface area contributed by atoms with Gasteiger partial charge in [0.25, 0.3) is 0 Å². The maximum atomic E-state index is 13.8. The number of hydrogen-bond donors (Lipinski definition) is 0. The van der Waals surface area contributed by atoms with Crippen molar-refractivity contribution in [2.45, 2.75) is 12.0 Å². The number of carbonyl (C=O) groups excluding carboxylic acids is 1. The number of morpholine rings is 1. The fourth-order valence-corrected chi connectivity index (χ4v) is 4.71. The third-order valence-corrected chi connectivity index (χ3v) is 6.00. The molecule has 2 aliphatic rings. The number of benzene rings is 3. The molecule has 6 heteroatoms. The number of halogens is 2. The molecule has 0 spiro atoms. The van der Waals surface area contributed by atoms with Gasteiger partial charge in [0.05, 0.1) is 19.1 Å². The van der Waals surface area contributed by atoms with Crippen molar-refractivity contribution in [3.63, 3.8) is 0 Å². The highest BCUT2D eigenvalue weighted by molar-refractivity contribution is 6.34. The maximum Gasteiger partial charge on any atom is 0.235 e. The van der Waals surface area contributed by atoms with Gasteiger partial charge in [0.15, 0.2) is 0 Å². The number of carbonyl (C=O) groups is 1. The molecule has 0 aromatic heterocycles. The molecule has 4 nitrogen and oxygen atoms in total. The molecule has 30 heavy (non-hydrogen) atoms. The van der Waals surface area contributed by atoms with Crippen LogP contribution in [0.4, 0.5) is 0 Å². The monoisotopic (exact) mass is 439 g/mol. The molecule has 1 fully saturated rings. The normalized spacial score (nSPS) is 18.3. The molecule has 1 atom stereocenters. The van der Waals surface area contributed by atoms with E-state index in [9.17, 15) is 4.79 Å². The fourth-order valence-electron chi connectivity index (χ4n) is 4.17. The number of amides is 1. The Bertz CT molecular complexity index is 1050. The van der Waals surface area contributed by atoms with Gasteiger partial charge in [0.2, 0.25) is 5.91 Å². The van der Waals surface area contributed by atoms with E-state index in [1.807, 2.05) is 65.6 Å². The summed E-state index contributed by atoms with van der Waals surface area (Å²) < 4.78 is 12.0. The summed E-state index contributed by atoms with van der Waals surface area (Å²) >= 11 is 12.3. The molecule has 5 rings (SSSR count). The Morgan fingerprint density at radius 3 is 2.13 bits per heavy atom. The van der Waals surface area contributed by atoms with Crippen molar-refractivity contribution in [2.24, 2.45) is 0 Å². The molecule has 0 aliphatic carbocycles. The van der Waals surface area contributed by atoms with Crippen molar-refractivity contribution in [3.8, 4) is 11.5 Å². The van der Waals surface area contributed by atoms with Crippen LogP contribution in [0, 0.1) is 0 Å². The Labute approximate surface area is 184 Å². The van der Waals surface area contributed by atoms with Crippen LogP contribution in [0.25, 0.3) is 0 Å². The van der Waals surface area contributed by atoms with E-state index >= 15 is 0 Å². The van der Waals surface area contributed by atoms with E-state index in [1.54, 1.807) is 6.07 Å². The first-order valence-electron chi connectivity index (χ1n) is 9.82. The molecule has 0 N–H and O–H groups in total. The average molecular weight is 440 g/mol. The van der Waals surface area contributed by atoms with E-state index in [0.717, 1.165) is 28.2 Å². The Hall–Kier alpha value is -2.53. The second-order valence-corrected chi connectivity index (χ2v) is 8.33. The summed E-state index contributed by atoms with van der Waals surface area (Å²) in [6.45, 7) is 1.43. The van der Waals surface area contributed by atoms with Crippen molar-refractivity contribution in [2.75, 3.05) is 19.7 Å². The SMILES string of the molecule is O=C(C1c2ccccc2Oc2ccccc21)N1CCOC(c2cc(Cl)cc(Cl)c2)C1. The lowest BCUT2D eigenvalue weighted by Crippen LogP contribution is -2.45. The lowest BCUT2D eigenvalue weighted by atomic mass is 9.86. The van der Waals surface area contributed by atoms with E-state index in [0.29, 0.717) is 29.7 Å². The predicted octanol–water partition coefficient (Wildman–Crippen LogP) is 5.83. The molecule has 2 aliphatic heterocycles. The van der Waals surface area contributed by atoms with Crippen LogP contribution in [0.15, 0.2) is 66.7 Å². The first-order chi connectivity index (χ1) is 14.6. The Morgan fingerprint density at radius 2 is 1.50 bits per heavy atom. The zero-order valence-corrected chi connectivity index (χ0v) is 17.6. The topological polar surface area (TPSA) is 38.8 Å². The van der Waals surface area contributed by atoms with Crippen LogP contribution in [0.3, 0.4) is 0 Å². The molecule has 1 saturated heterocycles. The third-order valence-electron chi connectivity index (χ3n) is 5.56. The van der Waals surface area contributed by atoms with Gasteiger partial charge in [-0.3, -0.25) is 4.79 Å². The molecule has 0 radical (unpaired) electrons. The molecule has 152 valence electrons. The molecular weight excluding hydrogens is 421 g/mol. The molecule has 3 aromatic carbocycles. The summed E-state index contributed by atoms with van der Waals surface area (Å²) in [5, 5.41) is 1.11. The van der Waals surface area contributed by atoms with Crippen LogP contribution < -0.4 is 4.74 Å². The number of hydrogen-bond acceptors (Lipinski definition) is 3. The van der Waals surface area contributed by atoms with Crippen molar-refractivity contribution in [3.05, 3.63) is 93.5 Å². The summed E-state index contributed by atoms with van der Waals surface area (Å²) in [4.78, 5) is 15.6. The molecule has 1 amide bonds. The summed E-state index contributed by atoms with van der Waals surface area (Å²) in [5.41, 5.74) is 2.64. The Kier molecular flexibility index (Phi) is 5.15. The van der Waals surface area contributed by atoms with Gasteiger partial charge >= 0.3 is 0 Å². The molecule has 0 saturated carbocycles. The molecule has 1 unspecified atom stereocenters. The van der Waals surface area contributed by atoms with E-state index < -0.39 is 5.92 Å². The van der Waals surface area contributed by atoms with Gasteiger partial charge in [-0.2, -0.15) is 0 Å². The van der Waals surface area contributed by atoms with Gasteiger partial charge < -0.3 is 14.4 Å². The van der Waals surface area contributed by atoms with E-state index in [2.05, 4.69) is 0 Å².